The quantitative estimate of drug-likeness (QED) is 0.468. The first-order chi connectivity index (χ1) is 14.7. The molecule has 1 aliphatic rings. The largest absolute Gasteiger partial charge is 0.326 e. The SMILES string of the molecule is Cc1ccc(NC2=N[C@@H](c3cc([N+](=O)[O-])ccc3Cl)n3c(nc(C)cc3=O)N2)c(C)c1. The molecule has 2 N–H and O–H groups in total. The number of halogens is 1. The van der Waals surface area contributed by atoms with Crippen LogP contribution in [0.4, 0.5) is 17.3 Å². The Bertz CT molecular complexity index is 1300. The lowest BCUT2D eigenvalue weighted by Gasteiger charge is -2.27. The number of guanidine groups is 1. The molecule has 0 amide bonds. The van der Waals surface area contributed by atoms with Crippen molar-refractivity contribution in [3.8, 4) is 0 Å². The van der Waals surface area contributed by atoms with Crippen LogP contribution >= 0.6 is 11.6 Å². The van der Waals surface area contributed by atoms with Gasteiger partial charge in [-0.3, -0.25) is 24.8 Å². The number of hydrogen-bond acceptors (Lipinski definition) is 7. The summed E-state index contributed by atoms with van der Waals surface area (Å²) in [5.41, 5.74) is 3.31. The number of nitrogens with one attached hydrogen (secondary N) is 2. The first-order valence-corrected chi connectivity index (χ1v) is 9.84. The summed E-state index contributed by atoms with van der Waals surface area (Å²) >= 11 is 6.37. The Labute approximate surface area is 182 Å². The van der Waals surface area contributed by atoms with Crippen molar-refractivity contribution in [2.24, 2.45) is 4.99 Å². The number of nitrogens with zero attached hydrogens (tertiary/aromatic N) is 4. The topological polar surface area (TPSA) is 114 Å². The fourth-order valence-corrected chi connectivity index (χ4v) is 3.66. The minimum atomic E-state index is -0.933. The predicted molar refractivity (Wildman–Crippen MR) is 120 cm³/mol. The predicted octanol–water partition coefficient (Wildman–Crippen LogP) is 4.17. The summed E-state index contributed by atoms with van der Waals surface area (Å²) in [5.74, 6) is 0.608. The van der Waals surface area contributed by atoms with Gasteiger partial charge in [0.05, 0.1) is 4.92 Å². The zero-order chi connectivity index (χ0) is 22.3. The first kappa shape index (κ1) is 20.5. The normalized spacial score (nSPS) is 15.0. The molecule has 0 bridgehead atoms. The highest BCUT2D eigenvalue weighted by Crippen LogP contribution is 2.33. The minimum absolute atomic E-state index is 0.147. The van der Waals surface area contributed by atoms with E-state index >= 15 is 0 Å². The Hall–Kier alpha value is -3.72. The maximum absolute atomic E-state index is 12.8. The van der Waals surface area contributed by atoms with E-state index in [0.717, 1.165) is 16.8 Å². The lowest BCUT2D eigenvalue weighted by molar-refractivity contribution is -0.384. The van der Waals surface area contributed by atoms with E-state index in [0.29, 0.717) is 17.2 Å². The summed E-state index contributed by atoms with van der Waals surface area (Å²) < 4.78 is 1.32. The zero-order valence-corrected chi connectivity index (χ0v) is 17.8. The lowest BCUT2D eigenvalue weighted by Crippen LogP contribution is -2.38. The van der Waals surface area contributed by atoms with Crippen molar-refractivity contribution >= 4 is 34.9 Å². The lowest BCUT2D eigenvalue weighted by atomic mass is 10.1. The number of non-ortho nitro benzene ring substituents is 1. The third-order valence-electron chi connectivity index (χ3n) is 4.91. The van der Waals surface area contributed by atoms with E-state index in [1.807, 2.05) is 32.0 Å². The summed E-state index contributed by atoms with van der Waals surface area (Å²) in [5, 5.41) is 17.8. The molecule has 0 unspecified atom stereocenters. The van der Waals surface area contributed by atoms with Crippen LogP contribution in [0.2, 0.25) is 5.02 Å². The fourth-order valence-electron chi connectivity index (χ4n) is 3.44. The van der Waals surface area contributed by atoms with Crippen LogP contribution < -0.4 is 16.2 Å². The smallest absolute Gasteiger partial charge is 0.269 e. The molecule has 0 fully saturated rings. The molecule has 0 saturated carbocycles. The molecular weight excluding hydrogens is 420 g/mol. The Morgan fingerprint density at radius 1 is 1.16 bits per heavy atom. The number of nitro benzene ring substituents is 1. The van der Waals surface area contributed by atoms with E-state index < -0.39 is 11.1 Å². The molecule has 1 aliphatic heterocycles. The van der Waals surface area contributed by atoms with E-state index in [1.165, 1.54) is 28.8 Å². The Balaban J connectivity index is 1.86. The molecule has 2 aromatic carbocycles. The number of aromatic nitrogens is 2. The number of hydrogen-bond donors (Lipinski definition) is 2. The van der Waals surface area contributed by atoms with E-state index in [2.05, 4.69) is 20.6 Å². The standard InChI is InChI=1S/C21H19ClN6O3/c1-11-4-7-17(12(2)8-11)24-20-25-19(15-10-14(28(30)31)5-6-16(15)22)27-18(29)9-13(3)23-21(27)26-20/h4-10,19H,1-3H3,(H2,23,24,25,26)/t19-/m1/s1. The summed E-state index contributed by atoms with van der Waals surface area (Å²) in [6.45, 7) is 5.68. The summed E-state index contributed by atoms with van der Waals surface area (Å²) in [6, 6.07) is 11.4. The molecule has 0 saturated heterocycles. The van der Waals surface area contributed by atoms with Crippen LogP contribution in [0.1, 0.15) is 28.6 Å². The van der Waals surface area contributed by atoms with E-state index in [1.54, 1.807) is 6.92 Å². The third kappa shape index (κ3) is 3.99. The molecule has 1 atom stereocenters. The van der Waals surface area contributed by atoms with Crippen molar-refractivity contribution in [2.75, 3.05) is 10.6 Å². The van der Waals surface area contributed by atoms with Gasteiger partial charge in [-0.05, 0) is 38.5 Å². The average molecular weight is 439 g/mol. The van der Waals surface area contributed by atoms with Crippen LogP contribution in [-0.4, -0.2) is 20.4 Å². The van der Waals surface area contributed by atoms with Gasteiger partial charge in [-0.15, -0.1) is 0 Å². The average Bonchev–Trinajstić information content (AvgIpc) is 2.69. The van der Waals surface area contributed by atoms with Crippen LogP contribution in [0.5, 0.6) is 0 Å². The number of anilines is 2. The Morgan fingerprint density at radius 2 is 1.94 bits per heavy atom. The van der Waals surface area contributed by atoms with Crippen molar-refractivity contribution in [3.05, 3.63) is 90.3 Å². The van der Waals surface area contributed by atoms with Crippen molar-refractivity contribution in [1.82, 2.24) is 9.55 Å². The Morgan fingerprint density at radius 3 is 2.65 bits per heavy atom. The van der Waals surface area contributed by atoms with Gasteiger partial charge in [-0.25, -0.2) is 9.98 Å². The van der Waals surface area contributed by atoms with Crippen molar-refractivity contribution in [2.45, 2.75) is 26.9 Å². The van der Waals surface area contributed by atoms with Crippen LogP contribution in [0.25, 0.3) is 0 Å². The number of benzene rings is 2. The van der Waals surface area contributed by atoms with Gasteiger partial charge in [0.15, 0.2) is 6.17 Å². The summed E-state index contributed by atoms with van der Waals surface area (Å²) in [4.78, 5) is 32.6. The second kappa shape index (κ2) is 7.84. The van der Waals surface area contributed by atoms with Crippen molar-refractivity contribution in [3.63, 3.8) is 0 Å². The minimum Gasteiger partial charge on any atom is -0.326 e. The number of aryl methyl sites for hydroxylation is 3. The van der Waals surface area contributed by atoms with Crippen molar-refractivity contribution < 1.29 is 4.92 Å². The monoisotopic (exact) mass is 438 g/mol. The van der Waals surface area contributed by atoms with Crippen LogP contribution in [0.15, 0.2) is 52.3 Å². The molecule has 31 heavy (non-hydrogen) atoms. The highest BCUT2D eigenvalue weighted by molar-refractivity contribution is 6.31. The molecule has 1 aromatic heterocycles. The van der Waals surface area contributed by atoms with Crippen LogP contribution in [0.3, 0.4) is 0 Å². The second-order valence-corrected chi connectivity index (χ2v) is 7.72. The van der Waals surface area contributed by atoms with E-state index in [9.17, 15) is 14.9 Å². The molecule has 4 rings (SSSR count). The number of fused-ring (bicyclic) bond motifs is 1. The van der Waals surface area contributed by atoms with Crippen molar-refractivity contribution in [1.29, 1.82) is 0 Å². The van der Waals surface area contributed by atoms with Gasteiger partial charge >= 0.3 is 0 Å². The van der Waals surface area contributed by atoms with Gasteiger partial charge in [-0.2, -0.15) is 0 Å². The second-order valence-electron chi connectivity index (χ2n) is 7.31. The number of rotatable bonds is 3. The zero-order valence-electron chi connectivity index (χ0n) is 17.0. The van der Waals surface area contributed by atoms with Gasteiger partial charge in [0.2, 0.25) is 11.9 Å². The summed E-state index contributed by atoms with van der Waals surface area (Å²) in [6.07, 6.45) is -0.933. The molecule has 0 radical (unpaired) electrons. The van der Waals surface area contributed by atoms with E-state index in [-0.39, 0.29) is 22.2 Å². The highest BCUT2D eigenvalue weighted by atomic mass is 35.5. The molecule has 9 nitrogen and oxygen atoms in total. The maximum Gasteiger partial charge on any atom is 0.269 e. The maximum atomic E-state index is 12.8. The number of aliphatic imine (C=N–C) groups is 1. The molecule has 2 heterocycles. The van der Waals surface area contributed by atoms with Crippen LogP contribution in [-0.2, 0) is 0 Å². The molecule has 3 aromatic rings. The van der Waals surface area contributed by atoms with Crippen LogP contribution in [0, 0.1) is 30.9 Å². The van der Waals surface area contributed by atoms with Gasteiger partial charge in [0.1, 0.15) is 0 Å². The van der Waals surface area contributed by atoms with Gasteiger partial charge in [0.25, 0.3) is 11.2 Å². The molecule has 0 spiro atoms. The van der Waals surface area contributed by atoms with E-state index in [4.69, 9.17) is 11.6 Å². The molecule has 158 valence electrons. The number of nitro groups is 1. The third-order valence-corrected chi connectivity index (χ3v) is 5.25. The highest BCUT2D eigenvalue weighted by Gasteiger charge is 2.28. The van der Waals surface area contributed by atoms with Gasteiger partial charge in [0, 0.05) is 40.2 Å². The van der Waals surface area contributed by atoms with Gasteiger partial charge in [-0.1, -0.05) is 29.3 Å². The molecular formula is C21H19ClN6O3. The van der Waals surface area contributed by atoms with Gasteiger partial charge < -0.3 is 5.32 Å². The molecule has 10 heteroatoms. The fraction of sp³-hybridized carbons (Fsp3) is 0.190. The molecule has 0 aliphatic carbocycles. The Kier molecular flexibility index (Phi) is 5.20. The summed E-state index contributed by atoms with van der Waals surface area (Å²) in [7, 11) is 0. The first-order valence-electron chi connectivity index (χ1n) is 9.46.